The van der Waals surface area contributed by atoms with Crippen molar-refractivity contribution in [2.24, 2.45) is 11.7 Å². The Morgan fingerprint density at radius 3 is 2.10 bits per heavy atom. The molecule has 0 spiro atoms. The van der Waals surface area contributed by atoms with E-state index in [0.717, 1.165) is 6.92 Å². The maximum absolute atomic E-state index is 11.5. The summed E-state index contributed by atoms with van der Waals surface area (Å²) in [5, 5.41) is 0. The average molecular weight is 155 g/mol. The van der Waals surface area contributed by atoms with Crippen molar-refractivity contribution in [1.82, 2.24) is 0 Å². The molecular formula is C5H8F3NO. The quantitative estimate of drug-likeness (QED) is 0.636. The summed E-state index contributed by atoms with van der Waals surface area (Å²) < 4.78 is 34.4. The molecule has 0 aliphatic heterocycles. The molecule has 0 fully saturated rings. The molecule has 0 aromatic rings. The van der Waals surface area contributed by atoms with E-state index in [-0.39, 0.29) is 0 Å². The smallest absolute Gasteiger partial charge is 0.369 e. The molecule has 0 radical (unpaired) electrons. The Balaban J connectivity index is 3.80. The summed E-state index contributed by atoms with van der Waals surface area (Å²) in [6.45, 7) is 1.15. The largest absolute Gasteiger partial charge is 0.389 e. The molecular weight excluding hydrogens is 147 g/mol. The minimum absolute atomic E-state index is 0.919. The molecule has 1 atom stereocenters. The lowest BCUT2D eigenvalue weighted by Gasteiger charge is -2.09. The monoisotopic (exact) mass is 155 g/mol. The van der Waals surface area contributed by atoms with E-state index in [0.29, 0.717) is 0 Å². The van der Waals surface area contributed by atoms with Crippen LogP contribution in [0.25, 0.3) is 0 Å². The van der Waals surface area contributed by atoms with Gasteiger partial charge in [-0.05, 0) is 0 Å². The van der Waals surface area contributed by atoms with Gasteiger partial charge >= 0.3 is 6.18 Å². The van der Waals surface area contributed by atoms with Gasteiger partial charge in [-0.2, -0.15) is 13.2 Å². The highest BCUT2D eigenvalue weighted by Gasteiger charge is 2.31. The van der Waals surface area contributed by atoms with Crippen molar-refractivity contribution in [3.63, 3.8) is 0 Å². The third-order valence-corrected chi connectivity index (χ3v) is 1.02. The molecule has 0 saturated heterocycles. The highest BCUT2D eigenvalue weighted by Crippen LogP contribution is 2.23. The number of carbonyl (C=O) groups excluding carboxylic acids is 1. The summed E-state index contributed by atoms with van der Waals surface area (Å²) in [5.74, 6) is -2.04. The van der Waals surface area contributed by atoms with Gasteiger partial charge in [-0.15, -0.1) is 0 Å². The molecule has 2 nitrogen and oxygen atoms in total. The third kappa shape index (κ3) is 4.17. The Kier molecular flexibility index (Phi) is 2.68. The molecule has 0 heterocycles. The maximum Gasteiger partial charge on any atom is 0.389 e. The van der Waals surface area contributed by atoms with Crippen molar-refractivity contribution in [2.45, 2.75) is 19.5 Å². The highest BCUT2D eigenvalue weighted by atomic mass is 19.4. The summed E-state index contributed by atoms with van der Waals surface area (Å²) in [4.78, 5) is 10.1. The van der Waals surface area contributed by atoms with E-state index in [1.54, 1.807) is 0 Å². The van der Waals surface area contributed by atoms with E-state index < -0.39 is 24.4 Å². The van der Waals surface area contributed by atoms with Crippen molar-refractivity contribution in [1.29, 1.82) is 0 Å². The van der Waals surface area contributed by atoms with Crippen LogP contribution < -0.4 is 5.73 Å². The second-order valence-electron chi connectivity index (χ2n) is 2.12. The van der Waals surface area contributed by atoms with Crippen LogP contribution in [-0.4, -0.2) is 12.1 Å². The number of primary amides is 1. The van der Waals surface area contributed by atoms with Gasteiger partial charge in [-0.1, -0.05) is 6.92 Å². The lowest BCUT2D eigenvalue weighted by Crippen LogP contribution is -2.25. The molecule has 10 heavy (non-hydrogen) atoms. The van der Waals surface area contributed by atoms with Crippen LogP contribution in [0.1, 0.15) is 13.3 Å². The fourth-order valence-electron chi connectivity index (χ4n) is 0.448. The zero-order valence-corrected chi connectivity index (χ0v) is 5.40. The molecule has 1 unspecified atom stereocenters. The van der Waals surface area contributed by atoms with Gasteiger partial charge in [0, 0.05) is 5.92 Å². The molecule has 0 aromatic carbocycles. The number of nitrogens with two attached hydrogens (primary N) is 1. The number of halogens is 3. The van der Waals surface area contributed by atoms with Crippen molar-refractivity contribution in [3.05, 3.63) is 0 Å². The number of carbonyl (C=O) groups is 1. The zero-order chi connectivity index (χ0) is 8.36. The van der Waals surface area contributed by atoms with Crippen LogP contribution in [0.2, 0.25) is 0 Å². The molecule has 0 saturated carbocycles. The van der Waals surface area contributed by atoms with E-state index in [2.05, 4.69) is 5.73 Å². The van der Waals surface area contributed by atoms with Crippen molar-refractivity contribution >= 4 is 5.91 Å². The number of amides is 1. The number of rotatable bonds is 2. The standard InChI is InChI=1S/C5H8F3NO/c1-3(4(9)10)2-5(6,7)8/h3H,2H2,1H3,(H2,9,10). The SMILES string of the molecule is CC(CC(F)(F)F)C(N)=O. The maximum atomic E-state index is 11.5. The Labute approximate surface area is 56.2 Å². The molecule has 2 N–H and O–H groups in total. The van der Waals surface area contributed by atoms with Crippen LogP contribution in [0, 0.1) is 5.92 Å². The van der Waals surface area contributed by atoms with Gasteiger partial charge in [0.25, 0.3) is 0 Å². The van der Waals surface area contributed by atoms with E-state index in [4.69, 9.17) is 0 Å². The number of alkyl halides is 3. The van der Waals surface area contributed by atoms with Crippen LogP contribution in [0.5, 0.6) is 0 Å². The summed E-state index contributed by atoms with van der Waals surface area (Å²) in [5.41, 5.74) is 4.60. The highest BCUT2D eigenvalue weighted by molar-refractivity contribution is 5.76. The Bertz CT molecular complexity index is 131. The predicted octanol–water partition coefficient (Wildman–Crippen LogP) is 1.06. The van der Waals surface area contributed by atoms with E-state index in [1.165, 1.54) is 0 Å². The first-order chi connectivity index (χ1) is 4.33. The minimum Gasteiger partial charge on any atom is -0.369 e. The Hall–Kier alpha value is -0.740. The second kappa shape index (κ2) is 2.90. The topological polar surface area (TPSA) is 43.1 Å². The summed E-state index contributed by atoms with van der Waals surface area (Å²) in [6.07, 6.45) is -5.43. The predicted molar refractivity (Wildman–Crippen MR) is 29.0 cm³/mol. The van der Waals surface area contributed by atoms with Gasteiger partial charge in [0.1, 0.15) is 0 Å². The first-order valence-electron chi connectivity index (χ1n) is 2.69. The van der Waals surface area contributed by atoms with Gasteiger partial charge in [-0.25, -0.2) is 0 Å². The van der Waals surface area contributed by atoms with Crippen LogP contribution in [0.3, 0.4) is 0 Å². The molecule has 0 aromatic heterocycles. The average Bonchev–Trinajstić information content (AvgIpc) is 1.60. The fourth-order valence-corrected chi connectivity index (χ4v) is 0.448. The minimum atomic E-state index is -4.30. The first kappa shape index (κ1) is 9.26. The normalized spacial score (nSPS) is 14.8. The molecule has 0 rings (SSSR count). The zero-order valence-electron chi connectivity index (χ0n) is 5.40. The van der Waals surface area contributed by atoms with Crippen LogP contribution in [0.4, 0.5) is 13.2 Å². The molecule has 0 aliphatic carbocycles. The van der Waals surface area contributed by atoms with Crippen LogP contribution >= 0.6 is 0 Å². The van der Waals surface area contributed by atoms with Gasteiger partial charge in [0.15, 0.2) is 0 Å². The van der Waals surface area contributed by atoms with Crippen molar-refractivity contribution < 1.29 is 18.0 Å². The Morgan fingerprint density at radius 1 is 1.60 bits per heavy atom. The molecule has 60 valence electrons. The van der Waals surface area contributed by atoms with Gasteiger partial charge in [0.05, 0.1) is 6.42 Å². The van der Waals surface area contributed by atoms with Crippen LogP contribution in [0.15, 0.2) is 0 Å². The van der Waals surface area contributed by atoms with Crippen molar-refractivity contribution in [2.75, 3.05) is 0 Å². The summed E-state index contributed by atoms with van der Waals surface area (Å²) in [7, 11) is 0. The molecule has 0 aliphatic rings. The fraction of sp³-hybridized carbons (Fsp3) is 0.800. The lowest BCUT2D eigenvalue weighted by molar-refractivity contribution is -0.151. The Morgan fingerprint density at radius 2 is 2.00 bits per heavy atom. The van der Waals surface area contributed by atoms with Gasteiger partial charge < -0.3 is 5.73 Å². The van der Waals surface area contributed by atoms with Gasteiger partial charge in [-0.3, -0.25) is 4.79 Å². The van der Waals surface area contributed by atoms with Gasteiger partial charge in [0.2, 0.25) is 5.91 Å². The summed E-state index contributed by atoms with van der Waals surface area (Å²) in [6, 6.07) is 0. The number of hydrogen-bond donors (Lipinski definition) is 1. The van der Waals surface area contributed by atoms with E-state index in [1.807, 2.05) is 0 Å². The first-order valence-corrected chi connectivity index (χ1v) is 2.69. The lowest BCUT2D eigenvalue weighted by atomic mass is 10.1. The molecule has 5 heteroatoms. The molecule has 0 bridgehead atoms. The third-order valence-electron chi connectivity index (χ3n) is 1.02. The summed E-state index contributed by atoms with van der Waals surface area (Å²) >= 11 is 0. The van der Waals surface area contributed by atoms with E-state index >= 15 is 0 Å². The second-order valence-corrected chi connectivity index (χ2v) is 2.12. The van der Waals surface area contributed by atoms with E-state index in [9.17, 15) is 18.0 Å². The number of hydrogen-bond acceptors (Lipinski definition) is 1. The van der Waals surface area contributed by atoms with Crippen molar-refractivity contribution in [3.8, 4) is 0 Å². The van der Waals surface area contributed by atoms with Crippen LogP contribution in [-0.2, 0) is 4.79 Å². The molecule has 1 amide bonds.